The molecule has 0 aliphatic heterocycles. The van der Waals surface area contributed by atoms with Crippen molar-refractivity contribution in [3.05, 3.63) is 109 Å². The monoisotopic (exact) mass is 522 g/mol. The number of ether oxygens (including phenoxy) is 1. The van der Waals surface area contributed by atoms with Crippen molar-refractivity contribution in [2.24, 2.45) is 0 Å². The first-order valence-electron chi connectivity index (χ1n) is 11.7. The van der Waals surface area contributed by atoms with Crippen LogP contribution in [-0.4, -0.2) is 24.2 Å². The lowest BCUT2D eigenvalue weighted by Crippen LogP contribution is -2.28. The Morgan fingerprint density at radius 1 is 1.11 bits per heavy atom. The molecule has 0 atom stereocenters. The van der Waals surface area contributed by atoms with E-state index in [9.17, 15) is 19.1 Å². The maximum atomic E-state index is 14.2. The summed E-state index contributed by atoms with van der Waals surface area (Å²) in [4.78, 5) is 34.8. The molecule has 190 valence electrons. The fourth-order valence-electron chi connectivity index (χ4n) is 4.19. The van der Waals surface area contributed by atoms with Crippen molar-refractivity contribution < 1.29 is 14.2 Å². The average molecular weight is 523 g/mol. The molecule has 4 aromatic rings. The third kappa shape index (κ3) is 4.56. The molecule has 1 aliphatic rings. The lowest BCUT2D eigenvalue weighted by Gasteiger charge is -2.17. The van der Waals surface area contributed by atoms with Crippen LogP contribution in [0.2, 0.25) is 5.02 Å². The fraction of sp³-hybridized carbons (Fsp3) is 0.259. The number of aryl methyl sites for hydroxylation is 3. The van der Waals surface area contributed by atoms with Gasteiger partial charge in [0.1, 0.15) is 34.7 Å². The van der Waals surface area contributed by atoms with Crippen LogP contribution in [0.25, 0.3) is 11.5 Å². The van der Waals surface area contributed by atoms with Crippen LogP contribution in [0.5, 0.6) is 5.75 Å². The van der Waals surface area contributed by atoms with Crippen LogP contribution in [0, 0.1) is 26.6 Å². The minimum absolute atomic E-state index is 0.0987. The van der Waals surface area contributed by atoms with Gasteiger partial charge in [0.05, 0.1) is 11.3 Å². The van der Waals surface area contributed by atoms with E-state index in [4.69, 9.17) is 16.3 Å². The van der Waals surface area contributed by atoms with Crippen LogP contribution in [0.4, 0.5) is 4.39 Å². The number of rotatable bonds is 6. The summed E-state index contributed by atoms with van der Waals surface area (Å²) < 4.78 is 22.6. The van der Waals surface area contributed by atoms with E-state index in [-0.39, 0.29) is 28.6 Å². The second-order valence-corrected chi connectivity index (χ2v) is 9.67. The zero-order valence-corrected chi connectivity index (χ0v) is 21.2. The number of hydrogen-bond acceptors (Lipinski definition) is 6. The summed E-state index contributed by atoms with van der Waals surface area (Å²) in [5.74, 6) is -0.106. The quantitative estimate of drug-likeness (QED) is 0.410. The Kier molecular flexibility index (Phi) is 6.21. The summed E-state index contributed by atoms with van der Waals surface area (Å²) in [5.41, 5.74) is 0.761. The Bertz CT molecular complexity index is 1660. The predicted octanol–water partition coefficient (Wildman–Crippen LogP) is 4.06. The molecule has 37 heavy (non-hydrogen) atoms. The second-order valence-electron chi connectivity index (χ2n) is 9.29. The molecule has 0 saturated heterocycles. The summed E-state index contributed by atoms with van der Waals surface area (Å²) in [6, 6.07) is 7.86. The van der Waals surface area contributed by atoms with Crippen molar-refractivity contribution in [2.45, 2.75) is 45.8 Å². The van der Waals surface area contributed by atoms with Gasteiger partial charge in [0.2, 0.25) is 0 Å². The summed E-state index contributed by atoms with van der Waals surface area (Å²) in [5, 5.41) is 10.3. The van der Waals surface area contributed by atoms with Crippen LogP contribution in [0.3, 0.4) is 0 Å². The van der Waals surface area contributed by atoms with E-state index in [1.54, 1.807) is 57.4 Å². The molecule has 0 spiro atoms. The molecule has 0 bridgehead atoms. The molecule has 1 saturated carbocycles. The Balaban J connectivity index is 1.53. The Morgan fingerprint density at radius 3 is 2.57 bits per heavy atom. The van der Waals surface area contributed by atoms with Crippen molar-refractivity contribution in [3.63, 3.8) is 0 Å². The second kappa shape index (κ2) is 9.24. The van der Waals surface area contributed by atoms with Gasteiger partial charge in [0, 0.05) is 42.0 Å². The molecule has 1 fully saturated rings. The maximum Gasteiger partial charge on any atom is 0.277 e. The number of nitrogens with zero attached hydrogens (tertiary/aromatic N) is 4. The highest BCUT2D eigenvalue weighted by molar-refractivity contribution is 6.31. The first kappa shape index (κ1) is 24.9. The summed E-state index contributed by atoms with van der Waals surface area (Å²) >= 11 is 6.39. The lowest BCUT2D eigenvalue weighted by molar-refractivity contribution is 0.149. The minimum Gasteiger partial charge on any atom is -0.485 e. The van der Waals surface area contributed by atoms with Crippen LogP contribution < -0.4 is 15.9 Å². The topological polar surface area (TPSA) is 99.2 Å². The van der Waals surface area contributed by atoms with Gasteiger partial charge in [-0.15, -0.1) is 0 Å². The van der Waals surface area contributed by atoms with Crippen LogP contribution >= 0.6 is 11.6 Å². The van der Waals surface area contributed by atoms with Gasteiger partial charge in [0.25, 0.3) is 11.1 Å². The third-order valence-corrected chi connectivity index (χ3v) is 6.79. The molecule has 10 heteroatoms. The predicted molar refractivity (Wildman–Crippen MR) is 136 cm³/mol. The van der Waals surface area contributed by atoms with E-state index in [0.29, 0.717) is 46.7 Å². The van der Waals surface area contributed by atoms with Crippen LogP contribution in [0.1, 0.15) is 40.9 Å². The molecule has 0 amide bonds. The average Bonchev–Trinajstić information content (AvgIpc) is 3.61. The van der Waals surface area contributed by atoms with Crippen LogP contribution in [-0.2, 0) is 12.2 Å². The molecule has 4 heterocycles. The molecule has 1 aliphatic carbocycles. The molecule has 4 aromatic heterocycles. The molecular formula is C27H24ClFN4O4. The summed E-state index contributed by atoms with van der Waals surface area (Å²) in [7, 11) is 0. The molecule has 0 unspecified atom stereocenters. The van der Waals surface area contributed by atoms with E-state index < -0.39 is 17.0 Å². The van der Waals surface area contributed by atoms with Gasteiger partial charge < -0.3 is 9.84 Å². The smallest absolute Gasteiger partial charge is 0.277 e. The number of aromatic nitrogens is 4. The van der Waals surface area contributed by atoms with E-state index in [1.165, 1.54) is 21.4 Å². The third-order valence-electron chi connectivity index (χ3n) is 6.44. The van der Waals surface area contributed by atoms with E-state index in [2.05, 4.69) is 9.97 Å². The SMILES string of the molecule is Cc1cnc(COc2cc(C)n(-c3cc(-n4cccc(C5(O)CC5)c4=O)ncc3C)c(=O)c2Cl)c(F)c1. The van der Waals surface area contributed by atoms with Gasteiger partial charge in [-0.2, -0.15) is 0 Å². The summed E-state index contributed by atoms with van der Waals surface area (Å²) in [6.45, 7) is 5.04. The fourth-order valence-corrected chi connectivity index (χ4v) is 4.39. The molecular weight excluding hydrogens is 499 g/mol. The van der Waals surface area contributed by atoms with Gasteiger partial charge >= 0.3 is 0 Å². The van der Waals surface area contributed by atoms with E-state index in [1.807, 2.05) is 0 Å². The van der Waals surface area contributed by atoms with Crippen molar-refractivity contribution >= 4 is 11.6 Å². The van der Waals surface area contributed by atoms with Crippen molar-refractivity contribution in [1.29, 1.82) is 0 Å². The highest BCUT2D eigenvalue weighted by Crippen LogP contribution is 2.43. The lowest BCUT2D eigenvalue weighted by atomic mass is 10.1. The number of pyridine rings is 4. The Labute approximate surface area is 216 Å². The van der Waals surface area contributed by atoms with Crippen molar-refractivity contribution in [1.82, 2.24) is 19.1 Å². The molecule has 5 rings (SSSR count). The first-order valence-corrected chi connectivity index (χ1v) is 12.0. The minimum atomic E-state index is -1.10. The molecule has 0 aromatic carbocycles. The highest BCUT2D eigenvalue weighted by Gasteiger charge is 2.44. The van der Waals surface area contributed by atoms with E-state index >= 15 is 0 Å². The van der Waals surface area contributed by atoms with Gasteiger partial charge in [-0.25, -0.2) is 9.37 Å². The molecule has 0 radical (unpaired) electrons. The normalized spacial score (nSPS) is 14.0. The maximum absolute atomic E-state index is 14.2. The Hall–Kier alpha value is -3.82. The highest BCUT2D eigenvalue weighted by atomic mass is 35.5. The van der Waals surface area contributed by atoms with Crippen molar-refractivity contribution in [3.8, 4) is 17.3 Å². The van der Waals surface area contributed by atoms with Crippen LogP contribution in [0.15, 0.2) is 58.5 Å². The largest absolute Gasteiger partial charge is 0.485 e. The first-order chi connectivity index (χ1) is 17.6. The van der Waals surface area contributed by atoms with Gasteiger partial charge in [-0.1, -0.05) is 11.6 Å². The van der Waals surface area contributed by atoms with Gasteiger partial charge in [0.15, 0.2) is 0 Å². The Morgan fingerprint density at radius 2 is 1.86 bits per heavy atom. The van der Waals surface area contributed by atoms with Gasteiger partial charge in [-0.3, -0.25) is 23.7 Å². The standard InChI is InChI=1S/C27H24ClFN4O4/c1-15-9-19(29)20(30-12-15)14-37-22-10-17(3)33(26(35)24(22)28)21-11-23(31-13-16(21)2)32-8-4-5-18(25(32)34)27(36)6-7-27/h4-5,8-13,36H,6-7,14H2,1-3H3. The molecule has 1 N–H and O–H groups in total. The van der Waals surface area contributed by atoms with E-state index in [0.717, 1.165) is 0 Å². The zero-order valence-electron chi connectivity index (χ0n) is 20.5. The number of aliphatic hydroxyl groups is 1. The number of hydrogen-bond donors (Lipinski definition) is 1. The zero-order chi connectivity index (χ0) is 26.5. The summed E-state index contributed by atoms with van der Waals surface area (Å²) in [6.07, 6.45) is 5.73. The number of halogens is 2. The van der Waals surface area contributed by atoms with Crippen molar-refractivity contribution in [2.75, 3.05) is 0 Å². The van der Waals surface area contributed by atoms with Gasteiger partial charge in [-0.05, 0) is 62.9 Å². The molecule has 8 nitrogen and oxygen atoms in total.